The number of ether oxygens (including phenoxy) is 1. The summed E-state index contributed by atoms with van der Waals surface area (Å²) in [5.41, 5.74) is 2.96. The predicted molar refractivity (Wildman–Crippen MR) is 130 cm³/mol. The number of benzene rings is 1. The first-order valence-corrected chi connectivity index (χ1v) is 11.6. The Balaban J connectivity index is 1.16. The molecule has 0 aliphatic carbocycles. The van der Waals surface area contributed by atoms with E-state index in [0.29, 0.717) is 6.54 Å². The summed E-state index contributed by atoms with van der Waals surface area (Å²) in [5, 5.41) is 4.16. The van der Waals surface area contributed by atoms with E-state index in [0.717, 1.165) is 86.5 Å². The fourth-order valence-electron chi connectivity index (χ4n) is 4.50. The number of aryl methyl sites for hydroxylation is 2. The molecule has 5 rings (SSSR count). The lowest BCUT2D eigenvalue weighted by Gasteiger charge is -2.35. The Bertz CT molecular complexity index is 1130. The molecular formula is C24H31N7O2. The number of aromatic nitrogens is 3. The number of rotatable bonds is 5. The van der Waals surface area contributed by atoms with Crippen LogP contribution in [0.4, 0.5) is 17.5 Å². The largest absolute Gasteiger partial charge is 0.378 e. The topological polar surface area (TPSA) is 78.8 Å². The first-order valence-electron chi connectivity index (χ1n) is 11.6. The van der Waals surface area contributed by atoms with Gasteiger partial charge < -0.3 is 24.4 Å². The number of piperazine rings is 1. The summed E-state index contributed by atoms with van der Waals surface area (Å²) in [7, 11) is 2.02. The van der Waals surface area contributed by atoms with Gasteiger partial charge in [-0.15, -0.1) is 0 Å². The molecule has 0 atom stereocenters. The Morgan fingerprint density at radius 1 is 1.00 bits per heavy atom. The highest BCUT2D eigenvalue weighted by Gasteiger charge is 2.22. The molecule has 1 amide bonds. The molecule has 2 saturated heterocycles. The van der Waals surface area contributed by atoms with Gasteiger partial charge in [-0.3, -0.25) is 9.69 Å². The number of nitrogens with one attached hydrogen (secondary N) is 1. The monoisotopic (exact) mass is 449 g/mol. The smallest absolute Gasteiger partial charge is 0.238 e. The van der Waals surface area contributed by atoms with E-state index < -0.39 is 0 Å². The van der Waals surface area contributed by atoms with Gasteiger partial charge in [-0.05, 0) is 31.2 Å². The molecule has 0 unspecified atom stereocenters. The lowest BCUT2D eigenvalue weighted by atomic mass is 10.2. The van der Waals surface area contributed by atoms with Crippen LogP contribution in [0, 0.1) is 6.92 Å². The van der Waals surface area contributed by atoms with Crippen molar-refractivity contribution in [2.24, 2.45) is 7.05 Å². The molecule has 2 aromatic heterocycles. The van der Waals surface area contributed by atoms with Crippen molar-refractivity contribution >= 4 is 34.3 Å². The fourth-order valence-corrected chi connectivity index (χ4v) is 4.50. The van der Waals surface area contributed by atoms with Crippen molar-refractivity contribution in [2.75, 3.05) is 74.1 Å². The average molecular weight is 450 g/mol. The number of anilines is 3. The summed E-state index contributed by atoms with van der Waals surface area (Å²) >= 11 is 0. The Kier molecular flexibility index (Phi) is 6.15. The zero-order valence-electron chi connectivity index (χ0n) is 19.3. The van der Waals surface area contributed by atoms with E-state index >= 15 is 0 Å². The highest BCUT2D eigenvalue weighted by Crippen LogP contribution is 2.21. The maximum absolute atomic E-state index is 12.6. The molecule has 2 aliphatic rings. The van der Waals surface area contributed by atoms with Gasteiger partial charge in [0.25, 0.3) is 0 Å². The minimum Gasteiger partial charge on any atom is -0.378 e. The van der Waals surface area contributed by atoms with Crippen molar-refractivity contribution in [1.82, 2.24) is 19.4 Å². The second-order valence-corrected chi connectivity index (χ2v) is 8.78. The van der Waals surface area contributed by atoms with Gasteiger partial charge in [0, 0.05) is 80.9 Å². The van der Waals surface area contributed by atoms with Gasteiger partial charge in [0.1, 0.15) is 5.82 Å². The van der Waals surface area contributed by atoms with Crippen LogP contribution >= 0.6 is 0 Å². The van der Waals surface area contributed by atoms with Crippen molar-refractivity contribution in [2.45, 2.75) is 6.92 Å². The molecule has 0 bridgehead atoms. The SMILES string of the molecule is Cc1cc(N2CCOCC2)nc(N2CCN(CC(=O)Nc3ccc4c(ccn4C)c3)CC2)n1. The van der Waals surface area contributed by atoms with Gasteiger partial charge >= 0.3 is 0 Å². The van der Waals surface area contributed by atoms with Crippen molar-refractivity contribution in [3.63, 3.8) is 0 Å². The molecule has 4 heterocycles. The zero-order chi connectivity index (χ0) is 22.8. The molecule has 2 fully saturated rings. The number of amides is 1. The summed E-state index contributed by atoms with van der Waals surface area (Å²) in [5.74, 6) is 1.76. The minimum atomic E-state index is 0.0140. The number of hydrogen-bond donors (Lipinski definition) is 1. The highest BCUT2D eigenvalue weighted by atomic mass is 16.5. The van der Waals surface area contributed by atoms with Gasteiger partial charge in [-0.2, -0.15) is 4.98 Å². The molecule has 0 radical (unpaired) electrons. The van der Waals surface area contributed by atoms with E-state index in [1.165, 1.54) is 0 Å². The van der Waals surface area contributed by atoms with E-state index in [2.05, 4.69) is 35.6 Å². The normalized spacial score (nSPS) is 17.5. The number of carbonyl (C=O) groups is 1. The van der Waals surface area contributed by atoms with E-state index in [4.69, 9.17) is 9.72 Å². The predicted octanol–water partition coefficient (Wildman–Crippen LogP) is 1.87. The van der Waals surface area contributed by atoms with Crippen molar-refractivity contribution in [3.8, 4) is 0 Å². The van der Waals surface area contributed by atoms with Crippen LogP contribution in [0.3, 0.4) is 0 Å². The van der Waals surface area contributed by atoms with Crippen LogP contribution in [-0.2, 0) is 16.6 Å². The molecule has 2 aliphatic heterocycles. The molecule has 33 heavy (non-hydrogen) atoms. The van der Waals surface area contributed by atoms with Crippen LogP contribution in [0.1, 0.15) is 5.69 Å². The summed E-state index contributed by atoms with van der Waals surface area (Å²) in [4.78, 5) is 28.8. The summed E-state index contributed by atoms with van der Waals surface area (Å²) in [6, 6.07) is 10.1. The average Bonchev–Trinajstić information content (AvgIpc) is 3.19. The second-order valence-electron chi connectivity index (χ2n) is 8.78. The summed E-state index contributed by atoms with van der Waals surface area (Å²) < 4.78 is 7.54. The molecular weight excluding hydrogens is 418 g/mol. The lowest BCUT2D eigenvalue weighted by Crippen LogP contribution is -2.49. The first kappa shape index (κ1) is 21.7. The lowest BCUT2D eigenvalue weighted by molar-refractivity contribution is -0.117. The van der Waals surface area contributed by atoms with E-state index in [-0.39, 0.29) is 5.91 Å². The molecule has 0 saturated carbocycles. The van der Waals surface area contributed by atoms with E-state index in [9.17, 15) is 4.79 Å². The number of morpholine rings is 1. The van der Waals surface area contributed by atoms with Gasteiger partial charge in [0.2, 0.25) is 11.9 Å². The maximum Gasteiger partial charge on any atom is 0.238 e. The second kappa shape index (κ2) is 9.36. The van der Waals surface area contributed by atoms with Crippen LogP contribution in [0.2, 0.25) is 0 Å². The quantitative estimate of drug-likeness (QED) is 0.637. The molecule has 1 aromatic carbocycles. The fraction of sp³-hybridized carbons (Fsp3) is 0.458. The molecule has 3 aromatic rings. The minimum absolute atomic E-state index is 0.0140. The summed E-state index contributed by atoms with van der Waals surface area (Å²) in [6.07, 6.45) is 2.03. The van der Waals surface area contributed by atoms with Crippen molar-refractivity contribution in [3.05, 3.63) is 42.2 Å². The molecule has 9 heteroatoms. The molecule has 9 nitrogen and oxygen atoms in total. The van der Waals surface area contributed by atoms with Crippen LogP contribution in [0.15, 0.2) is 36.5 Å². The van der Waals surface area contributed by atoms with Gasteiger partial charge in [-0.1, -0.05) is 0 Å². The number of nitrogens with zero attached hydrogens (tertiary/aromatic N) is 6. The number of hydrogen-bond acceptors (Lipinski definition) is 7. The van der Waals surface area contributed by atoms with Gasteiger partial charge in [-0.25, -0.2) is 4.98 Å². The zero-order valence-corrected chi connectivity index (χ0v) is 19.3. The maximum atomic E-state index is 12.6. The van der Waals surface area contributed by atoms with E-state index in [1.807, 2.05) is 44.4 Å². The van der Waals surface area contributed by atoms with Crippen molar-refractivity contribution < 1.29 is 9.53 Å². The first-order chi connectivity index (χ1) is 16.0. The van der Waals surface area contributed by atoms with Gasteiger partial charge in [0.05, 0.1) is 19.8 Å². The third kappa shape index (κ3) is 4.94. The highest BCUT2D eigenvalue weighted by molar-refractivity contribution is 5.95. The third-order valence-corrected chi connectivity index (χ3v) is 6.36. The van der Waals surface area contributed by atoms with Crippen molar-refractivity contribution in [1.29, 1.82) is 0 Å². The number of carbonyl (C=O) groups excluding carboxylic acids is 1. The third-order valence-electron chi connectivity index (χ3n) is 6.36. The molecule has 1 N–H and O–H groups in total. The van der Waals surface area contributed by atoms with Crippen LogP contribution in [0.5, 0.6) is 0 Å². The Labute approximate surface area is 194 Å². The van der Waals surface area contributed by atoms with Gasteiger partial charge in [0.15, 0.2) is 0 Å². The van der Waals surface area contributed by atoms with Crippen LogP contribution < -0.4 is 15.1 Å². The van der Waals surface area contributed by atoms with Crippen LogP contribution in [0.25, 0.3) is 10.9 Å². The van der Waals surface area contributed by atoms with E-state index in [1.54, 1.807) is 0 Å². The Morgan fingerprint density at radius 2 is 1.79 bits per heavy atom. The standard InChI is InChI=1S/C24H31N7O2/c1-18-15-22(30-11-13-33-14-12-30)27-24(25-18)31-9-7-29(8-10-31)17-23(32)26-20-3-4-21-19(16-20)5-6-28(21)2/h3-6,15-16H,7-14,17H2,1-2H3,(H,26,32). The number of fused-ring (bicyclic) bond motifs is 1. The van der Waals surface area contributed by atoms with Crippen LogP contribution in [-0.4, -0.2) is 84.4 Å². The summed E-state index contributed by atoms with van der Waals surface area (Å²) in [6.45, 7) is 8.79. The Morgan fingerprint density at radius 3 is 2.58 bits per heavy atom. The molecule has 0 spiro atoms. The Hall–Kier alpha value is -3.17. The molecule has 174 valence electrons.